The van der Waals surface area contributed by atoms with Crippen LogP contribution in [0.3, 0.4) is 0 Å². The quantitative estimate of drug-likeness (QED) is 0.662. The maximum Gasteiger partial charge on any atom is 0.258 e. The number of anilines is 3. The van der Waals surface area contributed by atoms with E-state index in [1.165, 1.54) is 12.4 Å². The Labute approximate surface area is 157 Å². The van der Waals surface area contributed by atoms with Crippen molar-refractivity contribution >= 4 is 23.2 Å². The molecule has 3 rings (SSSR count). The van der Waals surface area contributed by atoms with Crippen molar-refractivity contribution in [3.8, 4) is 11.5 Å². The Kier molecular flexibility index (Phi) is 5.84. The molecule has 3 aromatic rings. The van der Waals surface area contributed by atoms with Crippen molar-refractivity contribution in [3.05, 3.63) is 66.5 Å². The predicted octanol–water partition coefficient (Wildman–Crippen LogP) is 3.88. The number of benzene rings is 2. The summed E-state index contributed by atoms with van der Waals surface area (Å²) in [5, 5.41) is 5.88. The van der Waals surface area contributed by atoms with Crippen LogP contribution in [0, 0.1) is 0 Å². The lowest BCUT2D eigenvalue weighted by Crippen LogP contribution is -2.13. The summed E-state index contributed by atoms with van der Waals surface area (Å²) < 4.78 is 10.8. The minimum absolute atomic E-state index is 0.319. The Hall–Kier alpha value is -3.61. The van der Waals surface area contributed by atoms with Gasteiger partial charge in [-0.1, -0.05) is 24.3 Å². The molecule has 0 aliphatic heterocycles. The Bertz CT molecular complexity index is 913. The second-order valence-corrected chi connectivity index (χ2v) is 5.50. The first kappa shape index (κ1) is 18.2. The van der Waals surface area contributed by atoms with E-state index in [0.29, 0.717) is 35.3 Å². The summed E-state index contributed by atoms with van der Waals surface area (Å²) >= 11 is 0. The van der Waals surface area contributed by atoms with Crippen LogP contribution in [-0.4, -0.2) is 29.6 Å². The van der Waals surface area contributed by atoms with Crippen LogP contribution in [0.4, 0.5) is 17.3 Å². The molecular formula is C20H20N4O3. The normalized spacial score (nSPS) is 10.1. The van der Waals surface area contributed by atoms with Crippen LogP contribution in [0.5, 0.6) is 11.5 Å². The second kappa shape index (κ2) is 8.66. The number of nitrogens with zero attached hydrogens (tertiary/aromatic N) is 2. The SMILES string of the molecule is CCOc1ccccc1Nc1ncc(C(=O)Nc2ccccc2OC)cn1. The highest BCUT2D eigenvalue weighted by atomic mass is 16.5. The number of ether oxygens (including phenoxy) is 2. The van der Waals surface area contributed by atoms with Crippen molar-refractivity contribution in [2.45, 2.75) is 6.92 Å². The molecule has 0 radical (unpaired) electrons. The highest BCUT2D eigenvalue weighted by Gasteiger charge is 2.11. The van der Waals surface area contributed by atoms with E-state index in [4.69, 9.17) is 9.47 Å². The molecule has 7 nitrogen and oxygen atoms in total. The van der Waals surface area contributed by atoms with Crippen LogP contribution in [0.1, 0.15) is 17.3 Å². The van der Waals surface area contributed by atoms with Crippen molar-refractivity contribution in [3.63, 3.8) is 0 Å². The molecule has 2 N–H and O–H groups in total. The van der Waals surface area contributed by atoms with Gasteiger partial charge in [0.25, 0.3) is 5.91 Å². The minimum atomic E-state index is -0.319. The topological polar surface area (TPSA) is 85.4 Å². The first-order valence-corrected chi connectivity index (χ1v) is 8.46. The molecule has 0 aliphatic rings. The van der Waals surface area contributed by atoms with Crippen LogP contribution in [0.2, 0.25) is 0 Å². The van der Waals surface area contributed by atoms with E-state index in [1.54, 1.807) is 19.2 Å². The molecule has 0 saturated carbocycles. The fraction of sp³-hybridized carbons (Fsp3) is 0.150. The van der Waals surface area contributed by atoms with Gasteiger partial charge in [-0.15, -0.1) is 0 Å². The van der Waals surface area contributed by atoms with Crippen molar-refractivity contribution in [2.75, 3.05) is 24.4 Å². The molecule has 0 atom stereocenters. The summed E-state index contributed by atoms with van der Waals surface area (Å²) in [6.07, 6.45) is 2.92. The average molecular weight is 364 g/mol. The molecule has 0 unspecified atom stereocenters. The van der Waals surface area contributed by atoms with Crippen LogP contribution < -0.4 is 20.1 Å². The number of amides is 1. The number of para-hydroxylation sites is 4. The zero-order valence-corrected chi connectivity index (χ0v) is 15.1. The van der Waals surface area contributed by atoms with E-state index in [1.807, 2.05) is 43.3 Å². The Morgan fingerprint density at radius 3 is 2.26 bits per heavy atom. The number of carbonyl (C=O) groups excluding carboxylic acids is 1. The van der Waals surface area contributed by atoms with Gasteiger partial charge in [0.1, 0.15) is 11.5 Å². The minimum Gasteiger partial charge on any atom is -0.495 e. The summed E-state index contributed by atoms with van der Waals surface area (Å²) in [7, 11) is 1.55. The van der Waals surface area contributed by atoms with Crippen molar-refractivity contribution in [2.24, 2.45) is 0 Å². The molecule has 138 valence electrons. The highest BCUT2D eigenvalue weighted by molar-refractivity contribution is 6.04. The molecule has 0 bridgehead atoms. The second-order valence-electron chi connectivity index (χ2n) is 5.50. The Morgan fingerprint density at radius 2 is 1.59 bits per heavy atom. The lowest BCUT2D eigenvalue weighted by molar-refractivity contribution is 0.102. The monoisotopic (exact) mass is 364 g/mol. The molecule has 0 fully saturated rings. The molecule has 7 heteroatoms. The number of rotatable bonds is 7. The standard InChI is InChI=1S/C20H20N4O3/c1-3-27-18-11-7-5-9-16(18)24-20-21-12-14(13-22-20)19(25)23-15-8-4-6-10-17(15)26-2/h4-13H,3H2,1-2H3,(H,23,25)(H,21,22,24). The molecule has 27 heavy (non-hydrogen) atoms. The third kappa shape index (κ3) is 4.52. The van der Waals surface area contributed by atoms with Gasteiger partial charge in [0.05, 0.1) is 30.7 Å². The van der Waals surface area contributed by atoms with Gasteiger partial charge in [0, 0.05) is 12.4 Å². The Balaban J connectivity index is 1.71. The number of nitrogens with one attached hydrogen (secondary N) is 2. The summed E-state index contributed by atoms with van der Waals surface area (Å²) in [6, 6.07) is 14.7. The number of hydrogen-bond donors (Lipinski definition) is 2. The summed E-state index contributed by atoms with van der Waals surface area (Å²) in [4.78, 5) is 20.8. The zero-order valence-electron chi connectivity index (χ0n) is 15.1. The summed E-state index contributed by atoms with van der Waals surface area (Å²) in [5.41, 5.74) is 1.67. The van der Waals surface area contributed by atoms with Gasteiger partial charge in [0.2, 0.25) is 5.95 Å². The van der Waals surface area contributed by atoms with E-state index in [-0.39, 0.29) is 5.91 Å². The van der Waals surface area contributed by atoms with E-state index in [0.717, 1.165) is 5.69 Å². The van der Waals surface area contributed by atoms with Gasteiger partial charge < -0.3 is 20.1 Å². The molecule has 1 aromatic heterocycles. The maximum absolute atomic E-state index is 12.4. The van der Waals surface area contributed by atoms with Crippen molar-refractivity contribution in [1.82, 2.24) is 9.97 Å². The van der Waals surface area contributed by atoms with E-state index >= 15 is 0 Å². The van der Waals surface area contributed by atoms with Crippen LogP contribution >= 0.6 is 0 Å². The third-order valence-electron chi connectivity index (χ3n) is 3.70. The fourth-order valence-electron chi connectivity index (χ4n) is 2.42. The fourth-order valence-corrected chi connectivity index (χ4v) is 2.42. The number of carbonyl (C=O) groups is 1. The highest BCUT2D eigenvalue weighted by Crippen LogP contribution is 2.26. The molecular weight excluding hydrogens is 344 g/mol. The molecule has 0 saturated heterocycles. The van der Waals surface area contributed by atoms with Gasteiger partial charge in [-0.3, -0.25) is 4.79 Å². The van der Waals surface area contributed by atoms with Crippen LogP contribution in [-0.2, 0) is 0 Å². The Morgan fingerprint density at radius 1 is 0.963 bits per heavy atom. The average Bonchev–Trinajstić information content (AvgIpc) is 2.70. The first-order valence-electron chi connectivity index (χ1n) is 8.46. The third-order valence-corrected chi connectivity index (χ3v) is 3.70. The van der Waals surface area contributed by atoms with Gasteiger partial charge in [-0.05, 0) is 31.2 Å². The van der Waals surface area contributed by atoms with E-state index in [2.05, 4.69) is 20.6 Å². The predicted molar refractivity (Wildman–Crippen MR) is 104 cm³/mol. The molecule has 1 amide bonds. The van der Waals surface area contributed by atoms with Crippen LogP contribution in [0.25, 0.3) is 0 Å². The lowest BCUT2D eigenvalue weighted by Gasteiger charge is -2.11. The summed E-state index contributed by atoms with van der Waals surface area (Å²) in [5.74, 6) is 1.34. The molecule has 0 spiro atoms. The molecule has 0 aliphatic carbocycles. The van der Waals surface area contributed by atoms with Gasteiger partial charge >= 0.3 is 0 Å². The lowest BCUT2D eigenvalue weighted by atomic mass is 10.2. The number of hydrogen-bond acceptors (Lipinski definition) is 6. The van der Waals surface area contributed by atoms with E-state index < -0.39 is 0 Å². The smallest absolute Gasteiger partial charge is 0.258 e. The van der Waals surface area contributed by atoms with Gasteiger partial charge in [0.15, 0.2) is 0 Å². The number of methoxy groups -OCH3 is 1. The van der Waals surface area contributed by atoms with Crippen molar-refractivity contribution in [1.29, 1.82) is 0 Å². The largest absolute Gasteiger partial charge is 0.495 e. The van der Waals surface area contributed by atoms with Crippen LogP contribution in [0.15, 0.2) is 60.9 Å². The van der Waals surface area contributed by atoms with E-state index in [9.17, 15) is 4.79 Å². The zero-order chi connectivity index (χ0) is 19.1. The van der Waals surface area contributed by atoms with Gasteiger partial charge in [-0.25, -0.2) is 9.97 Å². The first-order chi connectivity index (χ1) is 13.2. The summed E-state index contributed by atoms with van der Waals surface area (Å²) in [6.45, 7) is 2.48. The van der Waals surface area contributed by atoms with Gasteiger partial charge in [-0.2, -0.15) is 0 Å². The number of aromatic nitrogens is 2. The van der Waals surface area contributed by atoms with Crippen molar-refractivity contribution < 1.29 is 14.3 Å². The molecule has 2 aromatic carbocycles. The maximum atomic E-state index is 12.4. The molecule has 1 heterocycles.